The lowest BCUT2D eigenvalue weighted by atomic mass is 9.75. The van der Waals surface area contributed by atoms with Crippen LogP contribution in [0.2, 0.25) is 0 Å². The van der Waals surface area contributed by atoms with E-state index in [4.69, 9.17) is 14.2 Å². The maximum Gasteiger partial charge on any atom is 0.326 e. The number of carbonyl (C=O) groups excluding carboxylic acids is 5. The standard InChI is InChI=1S/C42H50N2O8/c1-41(2,3)40(49)52-29-51-38(47)33(21-20-30-14-6-4-7-15-30)26-42(24-12-13-25-42)39(48)43-34-23-22-32-18-10-11-19-35(32)44(37(34)46)27-36(45)50-28-31-16-8-5-9-17-31/h4-11,14-19,33-34H,12-13,20-29H2,1-3H3,(H,43,48). The zero-order chi connectivity index (χ0) is 37.1. The number of para-hydroxylation sites is 1. The highest BCUT2D eigenvalue weighted by molar-refractivity contribution is 6.03. The second kappa shape index (κ2) is 17.5. The van der Waals surface area contributed by atoms with Crippen LogP contribution in [-0.4, -0.2) is 49.1 Å². The van der Waals surface area contributed by atoms with E-state index in [-0.39, 0.29) is 31.4 Å². The number of fused-ring (bicyclic) bond motifs is 1. The molecule has 0 aromatic heterocycles. The normalized spacial score (nSPS) is 17.3. The third-order valence-corrected chi connectivity index (χ3v) is 10.0. The number of nitrogens with zero attached hydrogens (tertiary/aromatic N) is 1. The average Bonchev–Trinajstić information content (AvgIpc) is 3.59. The maximum atomic E-state index is 14.4. The summed E-state index contributed by atoms with van der Waals surface area (Å²) >= 11 is 0. The van der Waals surface area contributed by atoms with E-state index < -0.39 is 47.5 Å². The van der Waals surface area contributed by atoms with Gasteiger partial charge >= 0.3 is 17.9 Å². The molecule has 52 heavy (non-hydrogen) atoms. The molecule has 3 aromatic rings. The minimum atomic E-state index is -0.901. The van der Waals surface area contributed by atoms with Crippen molar-refractivity contribution in [3.05, 3.63) is 102 Å². The Morgan fingerprint density at radius 2 is 1.48 bits per heavy atom. The Balaban J connectivity index is 1.31. The zero-order valence-electron chi connectivity index (χ0n) is 30.4. The lowest BCUT2D eigenvalue weighted by Gasteiger charge is -2.33. The monoisotopic (exact) mass is 710 g/mol. The summed E-state index contributed by atoms with van der Waals surface area (Å²) in [5.41, 5.74) is 1.75. The van der Waals surface area contributed by atoms with E-state index in [1.54, 1.807) is 20.8 Å². The minimum absolute atomic E-state index is 0.0823. The lowest BCUT2D eigenvalue weighted by Crippen LogP contribution is -2.53. The predicted octanol–water partition coefficient (Wildman–Crippen LogP) is 6.48. The third kappa shape index (κ3) is 10.1. The molecule has 1 saturated carbocycles. The van der Waals surface area contributed by atoms with Crippen LogP contribution in [0.15, 0.2) is 84.9 Å². The molecule has 0 spiro atoms. The first-order valence-corrected chi connectivity index (χ1v) is 18.2. The molecule has 5 rings (SSSR count). The molecule has 2 aliphatic rings. The first kappa shape index (κ1) is 38.2. The number of rotatable bonds is 14. The van der Waals surface area contributed by atoms with Crippen molar-refractivity contribution >= 4 is 35.4 Å². The van der Waals surface area contributed by atoms with Crippen LogP contribution in [0.5, 0.6) is 0 Å². The number of benzene rings is 3. The summed E-state index contributed by atoms with van der Waals surface area (Å²) in [6, 6.07) is 25.7. The van der Waals surface area contributed by atoms with Gasteiger partial charge in [-0.05, 0) is 88.5 Å². The van der Waals surface area contributed by atoms with Crippen LogP contribution >= 0.6 is 0 Å². The van der Waals surface area contributed by atoms with Crippen LogP contribution in [0.1, 0.15) is 82.4 Å². The zero-order valence-corrected chi connectivity index (χ0v) is 30.4. The molecule has 1 aliphatic heterocycles. The number of hydrogen-bond donors (Lipinski definition) is 1. The molecule has 1 fully saturated rings. The number of amides is 2. The largest absolute Gasteiger partial charge is 0.459 e. The van der Waals surface area contributed by atoms with Gasteiger partial charge in [0.1, 0.15) is 19.2 Å². The van der Waals surface area contributed by atoms with E-state index in [1.165, 1.54) is 4.90 Å². The summed E-state index contributed by atoms with van der Waals surface area (Å²) in [6.45, 7) is 4.44. The second-order valence-corrected chi connectivity index (χ2v) is 14.9. The van der Waals surface area contributed by atoms with Gasteiger partial charge in [0.25, 0.3) is 0 Å². The SMILES string of the molecule is CC(C)(C)C(=O)OCOC(=O)C(CCc1ccccc1)CC1(C(=O)NC2CCc3ccccc3N(CC(=O)OCc3ccccc3)C2=O)CCCC1. The quantitative estimate of drug-likeness (QED) is 0.149. The summed E-state index contributed by atoms with van der Waals surface area (Å²) < 4.78 is 16.3. The molecule has 2 amide bonds. The molecule has 1 heterocycles. The van der Waals surface area contributed by atoms with Gasteiger partial charge in [-0.2, -0.15) is 0 Å². The van der Waals surface area contributed by atoms with Crippen molar-refractivity contribution in [3.8, 4) is 0 Å². The highest BCUT2D eigenvalue weighted by atomic mass is 16.7. The Morgan fingerprint density at radius 3 is 2.15 bits per heavy atom. The third-order valence-electron chi connectivity index (χ3n) is 10.0. The van der Waals surface area contributed by atoms with Gasteiger partial charge in [0, 0.05) is 5.69 Å². The van der Waals surface area contributed by atoms with Gasteiger partial charge in [-0.15, -0.1) is 0 Å². The van der Waals surface area contributed by atoms with Crippen molar-refractivity contribution in [3.63, 3.8) is 0 Å². The first-order chi connectivity index (χ1) is 24.9. The molecule has 276 valence electrons. The highest BCUT2D eigenvalue weighted by Crippen LogP contribution is 2.45. The maximum absolute atomic E-state index is 14.4. The van der Waals surface area contributed by atoms with E-state index >= 15 is 0 Å². The van der Waals surface area contributed by atoms with Crippen LogP contribution < -0.4 is 10.2 Å². The van der Waals surface area contributed by atoms with Crippen LogP contribution in [-0.2, 0) is 57.6 Å². The second-order valence-electron chi connectivity index (χ2n) is 14.9. The summed E-state index contributed by atoms with van der Waals surface area (Å²) in [5, 5.41) is 3.08. The Bertz CT molecular complexity index is 1700. The van der Waals surface area contributed by atoms with Gasteiger partial charge < -0.3 is 19.5 Å². The summed E-state index contributed by atoms with van der Waals surface area (Å²) in [5.74, 6) is -2.89. The number of aryl methyl sites for hydroxylation is 2. The van der Waals surface area contributed by atoms with Crippen LogP contribution in [0.4, 0.5) is 5.69 Å². The Morgan fingerprint density at radius 1 is 0.846 bits per heavy atom. The van der Waals surface area contributed by atoms with Crippen LogP contribution in [0.25, 0.3) is 0 Å². The fourth-order valence-electron chi connectivity index (χ4n) is 7.05. The van der Waals surface area contributed by atoms with E-state index in [2.05, 4.69) is 5.32 Å². The topological polar surface area (TPSA) is 128 Å². The van der Waals surface area contributed by atoms with E-state index in [1.807, 2.05) is 84.9 Å². The molecular formula is C42H50N2O8. The number of hydrogen-bond acceptors (Lipinski definition) is 8. The highest BCUT2D eigenvalue weighted by Gasteiger charge is 2.46. The first-order valence-electron chi connectivity index (χ1n) is 18.2. The summed E-state index contributed by atoms with van der Waals surface area (Å²) in [7, 11) is 0. The summed E-state index contributed by atoms with van der Waals surface area (Å²) in [6.07, 6.45) is 4.86. The number of anilines is 1. The number of ether oxygens (including phenoxy) is 3. The van der Waals surface area contributed by atoms with Gasteiger partial charge in [0.05, 0.1) is 16.7 Å². The minimum Gasteiger partial charge on any atom is -0.459 e. The molecule has 10 nitrogen and oxygen atoms in total. The van der Waals surface area contributed by atoms with Crippen molar-refractivity contribution in [1.82, 2.24) is 5.32 Å². The number of carbonyl (C=O) groups is 5. The van der Waals surface area contributed by atoms with E-state index in [9.17, 15) is 24.0 Å². The van der Waals surface area contributed by atoms with Gasteiger partial charge in [-0.3, -0.25) is 28.9 Å². The van der Waals surface area contributed by atoms with Crippen molar-refractivity contribution in [2.45, 2.75) is 91.2 Å². The van der Waals surface area contributed by atoms with E-state index in [0.29, 0.717) is 44.2 Å². The number of esters is 3. The van der Waals surface area contributed by atoms with Crippen LogP contribution in [0, 0.1) is 16.7 Å². The number of nitrogens with one attached hydrogen (secondary N) is 1. The fraction of sp³-hybridized carbons (Fsp3) is 0.452. The molecule has 1 N–H and O–H groups in total. The Labute approximate surface area is 306 Å². The van der Waals surface area contributed by atoms with Crippen molar-refractivity contribution in [1.29, 1.82) is 0 Å². The fourth-order valence-corrected chi connectivity index (χ4v) is 7.05. The molecule has 1 aliphatic carbocycles. The molecular weight excluding hydrogens is 660 g/mol. The Hall–Kier alpha value is -4.99. The van der Waals surface area contributed by atoms with Gasteiger partial charge in [-0.1, -0.05) is 91.7 Å². The smallest absolute Gasteiger partial charge is 0.326 e. The van der Waals surface area contributed by atoms with Crippen LogP contribution in [0.3, 0.4) is 0 Å². The predicted molar refractivity (Wildman–Crippen MR) is 196 cm³/mol. The average molecular weight is 711 g/mol. The molecule has 10 heteroatoms. The molecule has 0 radical (unpaired) electrons. The van der Waals surface area contributed by atoms with E-state index in [0.717, 1.165) is 29.5 Å². The van der Waals surface area contributed by atoms with Gasteiger partial charge in [0.2, 0.25) is 18.6 Å². The molecule has 3 aromatic carbocycles. The molecule has 2 atom stereocenters. The van der Waals surface area contributed by atoms with Crippen molar-refractivity contribution in [2.24, 2.45) is 16.7 Å². The van der Waals surface area contributed by atoms with Crippen molar-refractivity contribution in [2.75, 3.05) is 18.2 Å². The van der Waals surface area contributed by atoms with Gasteiger partial charge in [-0.25, -0.2) is 0 Å². The molecule has 0 saturated heterocycles. The van der Waals surface area contributed by atoms with Crippen molar-refractivity contribution < 1.29 is 38.2 Å². The summed E-state index contributed by atoms with van der Waals surface area (Å²) in [4.78, 5) is 69.0. The molecule has 2 unspecified atom stereocenters. The molecule has 0 bridgehead atoms. The Kier molecular flexibility index (Phi) is 12.9. The lowest BCUT2D eigenvalue weighted by molar-refractivity contribution is -0.176. The van der Waals surface area contributed by atoms with Gasteiger partial charge in [0.15, 0.2) is 0 Å².